The van der Waals surface area contributed by atoms with E-state index in [0.29, 0.717) is 0 Å². The Hall–Kier alpha value is -1.78. The fraction of sp³-hybridized carbons (Fsp3) is 0.500. The molecule has 1 saturated heterocycles. The molecule has 1 aromatic carbocycles. The number of aliphatic hydroxyl groups is 4. The van der Waals surface area contributed by atoms with E-state index < -0.39 is 42.2 Å². The highest BCUT2D eigenvalue weighted by atomic mass is 16.7. The van der Waals surface area contributed by atoms with Crippen molar-refractivity contribution in [1.29, 1.82) is 0 Å². The van der Waals surface area contributed by atoms with Crippen molar-refractivity contribution in [2.45, 2.75) is 30.7 Å². The summed E-state index contributed by atoms with van der Waals surface area (Å²) in [6.07, 6.45) is -6.88. The summed E-state index contributed by atoms with van der Waals surface area (Å²) >= 11 is 0. The van der Waals surface area contributed by atoms with Crippen LogP contribution in [-0.2, 0) is 4.74 Å². The first kappa shape index (κ1) is 15.6. The summed E-state index contributed by atoms with van der Waals surface area (Å²) in [6.45, 7) is -0.570. The molecule has 0 spiro atoms. The number of nitrogens with zero attached hydrogens (tertiary/aromatic N) is 1. The van der Waals surface area contributed by atoms with Gasteiger partial charge in [0.2, 0.25) is 0 Å². The molecule has 9 heteroatoms. The van der Waals surface area contributed by atoms with E-state index in [1.165, 1.54) is 24.3 Å². The molecule has 21 heavy (non-hydrogen) atoms. The molecule has 1 aliphatic heterocycles. The number of aliphatic hydroxyl groups excluding tert-OH is 4. The van der Waals surface area contributed by atoms with Gasteiger partial charge in [-0.3, -0.25) is 10.1 Å². The van der Waals surface area contributed by atoms with Crippen LogP contribution in [0.4, 0.5) is 5.69 Å². The Labute approximate surface area is 119 Å². The standard InChI is InChI=1S/C12H15NO8/c14-5-8-9(15)10(16)11(12(17)21-8)20-7-3-1-6(2-4-7)13(18)19/h1-4,8-12,14-17H,5H2/t8-,9+,10+,11-,12-/m1/s1. The Morgan fingerprint density at radius 3 is 2.33 bits per heavy atom. The molecule has 0 aromatic heterocycles. The molecule has 1 aromatic rings. The molecule has 5 atom stereocenters. The first-order valence-electron chi connectivity index (χ1n) is 6.15. The molecule has 2 rings (SSSR count). The van der Waals surface area contributed by atoms with Crippen LogP contribution in [0.25, 0.3) is 0 Å². The van der Waals surface area contributed by atoms with E-state index >= 15 is 0 Å². The van der Waals surface area contributed by atoms with Gasteiger partial charge in [-0.1, -0.05) is 0 Å². The zero-order valence-electron chi connectivity index (χ0n) is 10.8. The molecule has 1 aliphatic rings. The summed E-state index contributed by atoms with van der Waals surface area (Å²) in [5.41, 5.74) is -0.135. The second-order valence-corrected chi connectivity index (χ2v) is 4.56. The van der Waals surface area contributed by atoms with Gasteiger partial charge >= 0.3 is 0 Å². The lowest BCUT2D eigenvalue weighted by molar-refractivity contribution is -0.384. The zero-order chi connectivity index (χ0) is 15.6. The molecule has 0 aliphatic carbocycles. The predicted octanol–water partition coefficient (Wildman–Crippen LogP) is -1.23. The number of nitro benzene ring substituents is 1. The van der Waals surface area contributed by atoms with Crippen molar-refractivity contribution in [3.05, 3.63) is 34.4 Å². The number of non-ortho nitro benzene ring substituents is 1. The molecular weight excluding hydrogens is 286 g/mol. The van der Waals surface area contributed by atoms with E-state index in [4.69, 9.17) is 14.6 Å². The van der Waals surface area contributed by atoms with E-state index in [2.05, 4.69) is 0 Å². The first-order chi connectivity index (χ1) is 9.93. The molecule has 0 unspecified atom stereocenters. The monoisotopic (exact) mass is 301 g/mol. The van der Waals surface area contributed by atoms with Crippen LogP contribution in [0.15, 0.2) is 24.3 Å². The molecule has 0 radical (unpaired) electrons. The van der Waals surface area contributed by atoms with Crippen LogP contribution >= 0.6 is 0 Å². The number of ether oxygens (including phenoxy) is 2. The molecule has 116 valence electrons. The summed E-state index contributed by atoms with van der Waals surface area (Å²) in [7, 11) is 0. The average molecular weight is 301 g/mol. The largest absolute Gasteiger partial charge is 0.482 e. The summed E-state index contributed by atoms with van der Waals surface area (Å²) in [5, 5.41) is 48.8. The molecule has 0 bridgehead atoms. The van der Waals surface area contributed by atoms with Crippen molar-refractivity contribution >= 4 is 5.69 Å². The highest BCUT2D eigenvalue weighted by molar-refractivity contribution is 5.36. The topological polar surface area (TPSA) is 143 Å². The molecule has 0 amide bonds. The van der Waals surface area contributed by atoms with E-state index in [0.717, 1.165) is 0 Å². The van der Waals surface area contributed by atoms with Gasteiger partial charge in [0.15, 0.2) is 12.4 Å². The summed E-state index contributed by atoms with van der Waals surface area (Å²) in [5.74, 6) is 0.155. The van der Waals surface area contributed by atoms with Crippen molar-refractivity contribution in [2.24, 2.45) is 0 Å². The van der Waals surface area contributed by atoms with Crippen LogP contribution in [0.1, 0.15) is 0 Å². The van der Waals surface area contributed by atoms with Gasteiger partial charge in [-0.05, 0) is 12.1 Å². The summed E-state index contributed by atoms with van der Waals surface area (Å²) < 4.78 is 10.2. The van der Waals surface area contributed by atoms with Gasteiger partial charge in [0.1, 0.15) is 24.1 Å². The third-order valence-electron chi connectivity index (χ3n) is 3.16. The highest BCUT2D eigenvalue weighted by Gasteiger charge is 2.45. The highest BCUT2D eigenvalue weighted by Crippen LogP contribution is 2.25. The van der Waals surface area contributed by atoms with Crippen LogP contribution in [-0.4, -0.2) is 62.7 Å². The van der Waals surface area contributed by atoms with E-state index in [9.17, 15) is 25.4 Å². The van der Waals surface area contributed by atoms with Gasteiger partial charge in [0.25, 0.3) is 5.69 Å². The average Bonchev–Trinajstić information content (AvgIpc) is 2.47. The van der Waals surface area contributed by atoms with Crippen molar-refractivity contribution in [2.75, 3.05) is 6.61 Å². The molecule has 1 fully saturated rings. The van der Waals surface area contributed by atoms with Crippen molar-refractivity contribution in [3.8, 4) is 5.75 Å². The predicted molar refractivity (Wildman–Crippen MR) is 67.5 cm³/mol. The maximum atomic E-state index is 10.5. The summed E-state index contributed by atoms with van der Waals surface area (Å²) in [6, 6.07) is 4.99. The van der Waals surface area contributed by atoms with Crippen LogP contribution < -0.4 is 4.74 Å². The minimum absolute atomic E-state index is 0.135. The Morgan fingerprint density at radius 2 is 1.81 bits per heavy atom. The minimum Gasteiger partial charge on any atom is -0.482 e. The molecule has 0 saturated carbocycles. The SMILES string of the molecule is O=[N+]([O-])c1ccc(O[C@@H]2[C@@H](O)[C@@H](O)[C@@H](CO)O[C@H]2O)cc1. The fourth-order valence-electron chi connectivity index (χ4n) is 2.00. The van der Waals surface area contributed by atoms with E-state index in [1.54, 1.807) is 0 Å². The first-order valence-corrected chi connectivity index (χ1v) is 6.15. The Balaban J connectivity index is 2.09. The lowest BCUT2D eigenvalue weighted by Gasteiger charge is -2.39. The lowest BCUT2D eigenvalue weighted by Crippen LogP contribution is -2.60. The van der Waals surface area contributed by atoms with Crippen LogP contribution in [0.3, 0.4) is 0 Å². The maximum absolute atomic E-state index is 10.5. The van der Waals surface area contributed by atoms with Crippen LogP contribution in [0.2, 0.25) is 0 Å². The van der Waals surface area contributed by atoms with Gasteiger partial charge in [-0.25, -0.2) is 0 Å². The van der Waals surface area contributed by atoms with Crippen LogP contribution in [0, 0.1) is 10.1 Å². The summed E-state index contributed by atoms with van der Waals surface area (Å²) in [4.78, 5) is 9.95. The lowest BCUT2D eigenvalue weighted by atomic mass is 9.99. The normalized spacial score (nSPS) is 32.7. The minimum atomic E-state index is -1.56. The zero-order valence-corrected chi connectivity index (χ0v) is 10.8. The molecule has 9 nitrogen and oxygen atoms in total. The van der Waals surface area contributed by atoms with E-state index in [1.807, 2.05) is 0 Å². The quantitative estimate of drug-likeness (QED) is 0.400. The van der Waals surface area contributed by atoms with Crippen molar-refractivity contribution < 1.29 is 34.8 Å². The second kappa shape index (κ2) is 6.33. The molecule has 1 heterocycles. The number of benzene rings is 1. The van der Waals surface area contributed by atoms with Gasteiger partial charge < -0.3 is 29.9 Å². The smallest absolute Gasteiger partial charge is 0.269 e. The third kappa shape index (κ3) is 3.28. The van der Waals surface area contributed by atoms with E-state index in [-0.39, 0.29) is 11.4 Å². The fourth-order valence-corrected chi connectivity index (χ4v) is 2.00. The number of rotatable bonds is 4. The van der Waals surface area contributed by atoms with Crippen molar-refractivity contribution in [3.63, 3.8) is 0 Å². The van der Waals surface area contributed by atoms with Crippen molar-refractivity contribution in [1.82, 2.24) is 0 Å². The van der Waals surface area contributed by atoms with Crippen LogP contribution in [0.5, 0.6) is 5.75 Å². The Morgan fingerprint density at radius 1 is 1.19 bits per heavy atom. The van der Waals surface area contributed by atoms with Gasteiger partial charge in [-0.2, -0.15) is 0 Å². The Kier molecular flexibility index (Phi) is 4.70. The Bertz CT molecular complexity index is 493. The maximum Gasteiger partial charge on any atom is 0.269 e. The number of hydrogen-bond donors (Lipinski definition) is 4. The number of nitro groups is 1. The molecule has 4 N–H and O–H groups in total. The van der Waals surface area contributed by atoms with Gasteiger partial charge in [0.05, 0.1) is 11.5 Å². The van der Waals surface area contributed by atoms with Gasteiger partial charge in [0, 0.05) is 12.1 Å². The third-order valence-corrected chi connectivity index (χ3v) is 3.16. The number of hydrogen-bond acceptors (Lipinski definition) is 8. The molecular formula is C12H15NO8. The van der Waals surface area contributed by atoms with Gasteiger partial charge in [-0.15, -0.1) is 0 Å². The second-order valence-electron chi connectivity index (χ2n) is 4.56.